The second-order valence-corrected chi connectivity index (χ2v) is 3.99. The van der Waals surface area contributed by atoms with Crippen LogP contribution in [0.5, 0.6) is 0 Å². The molecule has 0 spiro atoms. The number of H-pyrrole nitrogens is 1. The molecule has 0 radical (unpaired) electrons. The number of anilines is 1. The maximum atomic E-state index is 5.51. The molecule has 2 aromatic heterocycles. The van der Waals surface area contributed by atoms with Crippen molar-refractivity contribution in [3.63, 3.8) is 0 Å². The fourth-order valence-electron chi connectivity index (χ4n) is 1.92. The van der Waals surface area contributed by atoms with Gasteiger partial charge in [0.15, 0.2) is 0 Å². The third-order valence-corrected chi connectivity index (χ3v) is 2.77. The van der Waals surface area contributed by atoms with Gasteiger partial charge in [0, 0.05) is 6.20 Å². The van der Waals surface area contributed by atoms with Gasteiger partial charge in [-0.2, -0.15) is 5.10 Å². The Hall–Kier alpha value is -2.49. The molecule has 4 heteroatoms. The highest BCUT2D eigenvalue weighted by Crippen LogP contribution is 2.26. The number of aromatic nitrogens is 2. The smallest absolute Gasteiger partial charge is 0.130 e. The fraction of sp³-hybridized carbons (Fsp3) is 0.0714. The molecule has 0 amide bonds. The third kappa shape index (κ3) is 2.13. The predicted octanol–water partition coefficient (Wildman–Crippen LogP) is 3.20. The first kappa shape index (κ1) is 10.7. The van der Waals surface area contributed by atoms with E-state index in [0.717, 1.165) is 17.0 Å². The average Bonchev–Trinajstić information content (AvgIpc) is 3.10. The van der Waals surface area contributed by atoms with Crippen molar-refractivity contribution in [2.24, 2.45) is 0 Å². The van der Waals surface area contributed by atoms with E-state index in [0.29, 0.717) is 0 Å². The van der Waals surface area contributed by atoms with Crippen LogP contribution in [0, 0.1) is 0 Å². The lowest BCUT2D eigenvalue weighted by Crippen LogP contribution is -2.10. The topological polar surface area (TPSA) is 53.9 Å². The normalized spacial score (nSPS) is 12.2. The molecule has 0 aliphatic carbocycles. The molecule has 0 saturated carbocycles. The predicted molar refractivity (Wildman–Crippen MR) is 69.2 cm³/mol. The lowest BCUT2D eigenvalue weighted by molar-refractivity contribution is 0.499. The van der Waals surface area contributed by atoms with Gasteiger partial charge >= 0.3 is 0 Å². The van der Waals surface area contributed by atoms with Gasteiger partial charge in [-0.3, -0.25) is 5.10 Å². The Balaban J connectivity index is 1.94. The molecule has 3 aromatic rings. The number of rotatable bonds is 4. The summed E-state index contributed by atoms with van der Waals surface area (Å²) in [5.41, 5.74) is 2.08. The van der Waals surface area contributed by atoms with E-state index in [1.165, 1.54) is 0 Å². The minimum Gasteiger partial charge on any atom is -0.467 e. The minimum absolute atomic E-state index is 0.0150. The SMILES string of the molecule is c1ccc(C(Nc2cn[nH]c2)c2ccco2)cc1. The van der Waals surface area contributed by atoms with E-state index in [1.54, 1.807) is 12.5 Å². The zero-order valence-corrected chi connectivity index (χ0v) is 9.71. The van der Waals surface area contributed by atoms with Gasteiger partial charge in [0.25, 0.3) is 0 Å². The van der Waals surface area contributed by atoms with Crippen LogP contribution in [0.2, 0.25) is 0 Å². The molecule has 0 fully saturated rings. The summed E-state index contributed by atoms with van der Waals surface area (Å²) in [4.78, 5) is 0. The Labute approximate surface area is 105 Å². The van der Waals surface area contributed by atoms with Crippen molar-refractivity contribution in [1.82, 2.24) is 10.2 Å². The summed E-state index contributed by atoms with van der Waals surface area (Å²) in [5.74, 6) is 0.877. The number of hydrogen-bond acceptors (Lipinski definition) is 3. The van der Waals surface area contributed by atoms with E-state index in [-0.39, 0.29) is 6.04 Å². The van der Waals surface area contributed by atoms with Gasteiger partial charge in [-0.15, -0.1) is 0 Å². The van der Waals surface area contributed by atoms with E-state index < -0.39 is 0 Å². The Morgan fingerprint density at radius 3 is 2.67 bits per heavy atom. The summed E-state index contributed by atoms with van der Waals surface area (Å²) in [6.45, 7) is 0. The largest absolute Gasteiger partial charge is 0.467 e. The molecule has 1 atom stereocenters. The van der Waals surface area contributed by atoms with Crippen molar-refractivity contribution in [2.75, 3.05) is 5.32 Å². The van der Waals surface area contributed by atoms with Crippen LogP contribution >= 0.6 is 0 Å². The molecule has 90 valence electrons. The van der Waals surface area contributed by atoms with Crippen molar-refractivity contribution < 1.29 is 4.42 Å². The molecule has 0 aliphatic heterocycles. The van der Waals surface area contributed by atoms with Crippen molar-refractivity contribution in [3.05, 3.63) is 72.4 Å². The van der Waals surface area contributed by atoms with Crippen LogP contribution in [-0.2, 0) is 0 Å². The van der Waals surface area contributed by atoms with E-state index in [9.17, 15) is 0 Å². The summed E-state index contributed by atoms with van der Waals surface area (Å²) < 4.78 is 5.51. The number of benzene rings is 1. The first-order valence-corrected chi connectivity index (χ1v) is 5.77. The number of hydrogen-bond donors (Lipinski definition) is 2. The third-order valence-electron chi connectivity index (χ3n) is 2.77. The standard InChI is InChI=1S/C14H13N3O/c1-2-5-11(6-3-1)14(13-7-4-8-18-13)17-12-9-15-16-10-12/h1-10,14,17H,(H,15,16). The van der Waals surface area contributed by atoms with Crippen molar-refractivity contribution >= 4 is 5.69 Å². The fourth-order valence-corrected chi connectivity index (χ4v) is 1.92. The first-order chi connectivity index (χ1) is 8.93. The van der Waals surface area contributed by atoms with E-state index >= 15 is 0 Å². The lowest BCUT2D eigenvalue weighted by atomic mass is 10.0. The molecule has 4 nitrogen and oxygen atoms in total. The number of nitrogens with one attached hydrogen (secondary N) is 2. The van der Waals surface area contributed by atoms with Crippen LogP contribution in [0.1, 0.15) is 17.4 Å². The van der Waals surface area contributed by atoms with Gasteiger partial charge in [-0.1, -0.05) is 30.3 Å². The highest BCUT2D eigenvalue weighted by Gasteiger charge is 2.16. The molecule has 0 saturated heterocycles. The van der Waals surface area contributed by atoms with E-state index in [2.05, 4.69) is 27.6 Å². The molecule has 18 heavy (non-hydrogen) atoms. The molecule has 0 bridgehead atoms. The molecule has 2 N–H and O–H groups in total. The Morgan fingerprint density at radius 2 is 2.00 bits per heavy atom. The Morgan fingerprint density at radius 1 is 1.11 bits per heavy atom. The molecular formula is C14H13N3O. The van der Waals surface area contributed by atoms with Gasteiger partial charge in [0.1, 0.15) is 11.8 Å². The molecular weight excluding hydrogens is 226 g/mol. The van der Waals surface area contributed by atoms with Crippen molar-refractivity contribution in [2.45, 2.75) is 6.04 Å². The lowest BCUT2D eigenvalue weighted by Gasteiger charge is -2.16. The first-order valence-electron chi connectivity index (χ1n) is 5.77. The van der Waals surface area contributed by atoms with Crippen LogP contribution < -0.4 is 5.32 Å². The molecule has 2 heterocycles. The van der Waals surface area contributed by atoms with Crippen molar-refractivity contribution in [1.29, 1.82) is 0 Å². The average molecular weight is 239 g/mol. The minimum atomic E-state index is -0.0150. The second kappa shape index (κ2) is 4.79. The Kier molecular flexibility index (Phi) is 2.84. The van der Waals surface area contributed by atoms with E-state index in [1.807, 2.05) is 36.5 Å². The molecule has 1 unspecified atom stereocenters. The highest BCUT2D eigenvalue weighted by atomic mass is 16.3. The summed E-state index contributed by atoms with van der Waals surface area (Å²) >= 11 is 0. The van der Waals surface area contributed by atoms with Gasteiger partial charge in [0.2, 0.25) is 0 Å². The second-order valence-electron chi connectivity index (χ2n) is 3.99. The molecule has 0 aliphatic rings. The zero-order valence-electron chi connectivity index (χ0n) is 9.71. The van der Waals surface area contributed by atoms with Gasteiger partial charge in [0.05, 0.1) is 18.1 Å². The zero-order chi connectivity index (χ0) is 12.2. The summed E-state index contributed by atoms with van der Waals surface area (Å²) in [6, 6.07) is 14.0. The summed E-state index contributed by atoms with van der Waals surface area (Å²) in [6.07, 6.45) is 5.25. The monoisotopic (exact) mass is 239 g/mol. The van der Waals surface area contributed by atoms with E-state index in [4.69, 9.17) is 4.42 Å². The van der Waals surface area contributed by atoms with Gasteiger partial charge < -0.3 is 9.73 Å². The van der Waals surface area contributed by atoms with Crippen LogP contribution in [0.4, 0.5) is 5.69 Å². The summed E-state index contributed by atoms with van der Waals surface area (Å²) in [7, 11) is 0. The number of furan rings is 1. The van der Waals surface area contributed by atoms with Crippen LogP contribution in [0.3, 0.4) is 0 Å². The molecule has 3 rings (SSSR count). The Bertz CT molecular complexity index is 573. The quantitative estimate of drug-likeness (QED) is 0.735. The van der Waals surface area contributed by atoms with Crippen LogP contribution in [0.15, 0.2) is 65.5 Å². The van der Waals surface area contributed by atoms with Gasteiger partial charge in [-0.25, -0.2) is 0 Å². The summed E-state index contributed by atoms with van der Waals surface area (Å²) in [5, 5.41) is 10.1. The molecule has 1 aromatic carbocycles. The number of nitrogens with zero attached hydrogens (tertiary/aromatic N) is 1. The van der Waals surface area contributed by atoms with Crippen LogP contribution in [0.25, 0.3) is 0 Å². The maximum Gasteiger partial charge on any atom is 0.130 e. The van der Waals surface area contributed by atoms with Crippen LogP contribution in [-0.4, -0.2) is 10.2 Å². The van der Waals surface area contributed by atoms with Crippen molar-refractivity contribution in [3.8, 4) is 0 Å². The van der Waals surface area contributed by atoms with Gasteiger partial charge in [-0.05, 0) is 17.7 Å². The highest BCUT2D eigenvalue weighted by molar-refractivity contribution is 5.44. The maximum absolute atomic E-state index is 5.51. The number of aromatic amines is 1.